The molecule has 3 aromatic rings. The van der Waals surface area contributed by atoms with Crippen LogP contribution >= 0.6 is 35.0 Å². The van der Waals surface area contributed by atoms with Gasteiger partial charge in [0.25, 0.3) is 11.6 Å². The second-order valence-corrected chi connectivity index (χ2v) is 10.1. The molecule has 0 aliphatic rings. The Morgan fingerprint density at radius 1 is 1.14 bits per heavy atom. The van der Waals surface area contributed by atoms with Crippen LogP contribution in [0.2, 0.25) is 10.0 Å². The van der Waals surface area contributed by atoms with Gasteiger partial charge in [-0.25, -0.2) is 0 Å². The maximum absolute atomic E-state index is 12.9. The van der Waals surface area contributed by atoms with Gasteiger partial charge >= 0.3 is 0 Å². The van der Waals surface area contributed by atoms with Crippen molar-refractivity contribution >= 4 is 58.2 Å². The van der Waals surface area contributed by atoms with Gasteiger partial charge < -0.3 is 15.2 Å². The minimum atomic E-state index is -0.508. The molecule has 0 aliphatic carbocycles. The molecule has 0 unspecified atom stereocenters. The molecule has 0 fully saturated rings. The average molecular weight is 551 g/mol. The van der Waals surface area contributed by atoms with Crippen molar-refractivity contribution in [3.05, 3.63) is 74.0 Å². The Morgan fingerprint density at radius 3 is 2.44 bits per heavy atom. The topological polar surface area (TPSA) is 132 Å². The molecule has 0 bridgehead atoms. The van der Waals surface area contributed by atoms with Crippen LogP contribution in [0.4, 0.5) is 11.4 Å². The van der Waals surface area contributed by atoms with Crippen LogP contribution in [0.15, 0.2) is 47.6 Å². The van der Waals surface area contributed by atoms with Crippen molar-refractivity contribution in [3.63, 3.8) is 0 Å². The normalized spacial score (nSPS) is 11.8. The second kappa shape index (κ2) is 12.2. The third-order valence-electron chi connectivity index (χ3n) is 5.06. The summed E-state index contributed by atoms with van der Waals surface area (Å²) in [5.74, 6) is 0.173. The molecule has 2 aromatic carbocycles. The zero-order chi connectivity index (χ0) is 26.4. The number of hydrogen-bond acceptors (Lipinski definition) is 7. The van der Waals surface area contributed by atoms with E-state index in [0.717, 1.165) is 0 Å². The zero-order valence-corrected chi connectivity index (χ0v) is 22.0. The summed E-state index contributed by atoms with van der Waals surface area (Å²) >= 11 is 13.3. The number of nitro benzene ring substituents is 1. The number of carbonyl (C=O) groups is 2. The molecular weight excluding hydrogens is 527 g/mol. The van der Waals surface area contributed by atoms with Gasteiger partial charge in [-0.3, -0.25) is 19.7 Å². The smallest absolute Gasteiger partial charge is 0.269 e. The number of hydrogen-bond donors (Lipinski definition) is 2. The quantitative estimate of drug-likeness (QED) is 0.199. The minimum Gasteiger partial charge on any atom is -0.342 e. The summed E-state index contributed by atoms with van der Waals surface area (Å²) in [5.41, 5.74) is 0.690. The fraction of sp³-hybridized carbons (Fsp3) is 0.304. The van der Waals surface area contributed by atoms with Crippen LogP contribution < -0.4 is 10.6 Å². The zero-order valence-electron chi connectivity index (χ0n) is 19.7. The first-order valence-electron chi connectivity index (χ1n) is 10.9. The van der Waals surface area contributed by atoms with Crippen LogP contribution in [0.5, 0.6) is 0 Å². The van der Waals surface area contributed by atoms with Gasteiger partial charge in [0.05, 0.1) is 27.3 Å². The molecule has 1 aromatic heterocycles. The average Bonchev–Trinajstić information content (AvgIpc) is 3.17. The fourth-order valence-electron chi connectivity index (χ4n) is 3.36. The summed E-state index contributed by atoms with van der Waals surface area (Å²) in [7, 11) is 1.76. The third kappa shape index (κ3) is 7.19. The molecular formula is C23H24Cl2N6O4S. The van der Waals surface area contributed by atoms with E-state index in [1.54, 1.807) is 23.7 Å². The number of benzene rings is 2. The van der Waals surface area contributed by atoms with Gasteiger partial charge in [0.15, 0.2) is 11.0 Å². The van der Waals surface area contributed by atoms with Crippen molar-refractivity contribution < 1.29 is 14.5 Å². The van der Waals surface area contributed by atoms with Gasteiger partial charge in [-0.1, -0.05) is 48.8 Å². The van der Waals surface area contributed by atoms with Crippen molar-refractivity contribution in [2.45, 2.75) is 31.5 Å². The van der Waals surface area contributed by atoms with Gasteiger partial charge in [0.2, 0.25) is 5.91 Å². The third-order valence-corrected chi connectivity index (χ3v) is 6.63. The second-order valence-electron chi connectivity index (χ2n) is 8.32. The predicted molar refractivity (Wildman–Crippen MR) is 140 cm³/mol. The molecule has 36 heavy (non-hydrogen) atoms. The number of nitro groups is 1. The number of nitrogens with one attached hydrogen (secondary N) is 2. The molecule has 2 amide bonds. The molecule has 10 nitrogen and oxygen atoms in total. The van der Waals surface area contributed by atoms with E-state index in [2.05, 4.69) is 20.8 Å². The maximum Gasteiger partial charge on any atom is 0.269 e. The molecule has 0 saturated carbocycles. The van der Waals surface area contributed by atoms with Crippen molar-refractivity contribution in [1.82, 2.24) is 20.1 Å². The lowest BCUT2D eigenvalue weighted by atomic mass is 10.0. The van der Waals surface area contributed by atoms with E-state index in [1.165, 1.54) is 42.1 Å². The van der Waals surface area contributed by atoms with E-state index in [1.807, 2.05) is 13.8 Å². The van der Waals surface area contributed by atoms with E-state index in [0.29, 0.717) is 33.7 Å². The first-order valence-corrected chi connectivity index (χ1v) is 12.6. The Hall–Kier alpha value is -3.15. The lowest BCUT2D eigenvalue weighted by Gasteiger charge is -2.20. The number of carbonyl (C=O) groups excluding carboxylic acids is 2. The van der Waals surface area contributed by atoms with Crippen molar-refractivity contribution in [3.8, 4) is 0 Å². The van der Waals surface area contributed by atoms with Gasteiger partial charge in [0, 0.05) is 29.9 Å². The van der Waals surface area contributed by atoms with E-state index in [4.69, 9.17) is 23.2 Å². The Kier molecular flexibility index (Phi) is 9.30. The standard InChI is InChI=1S/C23H24Cl2N6O4S/c1-13(2)10-19(27-22(33)17-9-4-14(24)11-18(17)25)21-28-29-23(30(21)3)36-12-20(32)26-15-5-7-16(8-6-15)31(34)35/h4-9,11,13,19H,10,12H2,1-3H3,(H,26,32)(H,27,33)/t19-/m1/s1. The van der Waals surface area contributed by atoms with E-state index in [9.17, 15) is 19.7 Å². The Labute approximate surface area is 221 Å². The molecule has 190 valence electrons. The summed E-state index contributed by atoms with van der Waals surface area (Å²) in [6.07, 6.45) is 0.605. The summed E-state index contributed by atoms with van der Waals surface area (Å²) in [6, 6.07) is 9.79. The number of non-ortho nitro benzene ring substituents is 1. The Balaban J connectivity index is 1.67. The highest BCUT2D eigenvalue weighted by Gasteiger charge is 2.24. The highest BCUT2D eigenvalue weighted by molar-refractivity contribution is 7.99. The van der Waals surface area contributed by atoms with Crippen LogP contribution in [0.3, 0.4) is 0 Å². The number of aromatic nitrogens is 3. The van der Waals surface area contributed by atoms with Crippen LogP contribution in [-0.4, -0.2) is 37.3 Å². The lowest BCUT2D eigenvalue weighted by molar-refractivity contribution is -0.384. The van der Waals surface area contributed by atoms with Crippen molar-refractivity contribution in [2.24, 2.45) is 13.0 Å². The number of amides is 2. The lowest BCUT2D eigenvalue weighted by Crippen LogP contribution is -2.31. The molecule has 2 N–H and O–H groups in total. The van der Waals surface area contributed by atoms with Crippen LogP contribution in [0, 0.1) is 16.0 Å². The van der Waals surface area contributed by atoms with Gasteiger partial charge in [-0.05, 0) is 42.7 Å². The maximum atomic E-state index is 12.9. The first-order chi connectivity index (χ1) is 17.0. The van der Waals surface area contributed by atoms with Gasteiger partial charge in [0.1, 0.15) is 0 Å². The highest BCUT2D eigenvalue weighted by Crippen LogP contribution is 2.26. The number of halogens is 2. The number of anilines is 1. The monoisotopic (exact) mass is 550 g/mol. The van der Waals surface area contributed by atoms with Crippen molar-refractivity contribution in [1.29, 1.82) is 0 Å². The molecule has 0 aliphatic heterocycles. The van der Waals surface area contributed by atoms with Gasteiger partial charge in [-0.2, -0.15) is 0 Å². The van der Waals surface area contributed by atoms with Crippen LogP contribution in [-0.2, 0) is 11.8 Å². The molecule has 0 saturated heterocycles. The largest absolute Gasteiger partial charge is 0.342 e. The molecule has 0 spiro atoms. The predicted octanol–water partition coefficient (Wildman–Crippen LogP) is 5.28. The van der Waals surface area contributed by atoms with Crippen molar-refractivity contribution in [2.75, 3.05) is 11.1 Å². The SMILES string of the molecule is CC(C)C[C@@H](NC(=O)c1ccc(Cl)cc1Cl)c1nnc(SCC(=O)Nc2ccc([N+](=O)[O-])cc2)n1C. The summed E-state index contributed by atoms with van der Waals surface area (Å²) in [4.78, 5) is 35.5. The molecule has 1 atom stereocenters. The number of thioether (sulfide) groups is 1. The summed E-state index contributed by atoms with van der Waals surface area (Å²) in [6.45, 7) is 4.06. The van der Waals surface area contributed by atoms with E-state index >= 15 is 0 Å². The fourth-order valence-corrected chi connectivity index (χ4v) is 4.57. The summed E-state index contributed by atoms with van der Waals surface area (Å²) in [5, 5.41) is 26.1. The van der Waals surface area contributed by atoms with Crippen LogP contribution in [0.1, 0.15) is 42.5 Å². The Morgan fingerprint density at radius 2 is 1.83 bits per heavy atom. The summed E-state index contributed by atoms with van der Waals surface area (Å²) < 4.78 is 1.74. The minimum absolute atomic E-state index is 0.0462. The number of rotatable bonds is 10. The van der Waals surface area contributed by atoms with E-state index < -0.39 is 11.0 Å². The first kappa shape index (κ1) is 27.4. The highest BCUT2D eigenvalue weighted by atomic mass is 35.5. The molecule has 13 heteroatoms. The van der Waals surface area contributed by atoms with Gasteiger partial charge in [-0.15, -0.1) is 10.2 Å². The molecule has 1 heterocycles. The molecule has 0 radical (unpaired) electrons. The van der Waals surface area contributed by atoms with Crippen LogP contribution in [0.25, 0.3) is 0 Å². The molecule has 3 rings (SSSR count). The number of nitrogens with zero attached hydrogens (tertiary/aromatic N) is 4. The van der Waals surface area contributed by atoms with E-state index in [-0.39, 0.29) is 34.2 Å². The Bertz CT molecular complexity index is 1270.